The van der Waals surface area contributed by atoms with E-state index in [-0.39, 0.29) is 0 Å². The van der Waals surface area contributed by atoms with Crippen molar-refractivity contribution in [3.8, 4) is 0 Å². The third-order valence-electron chi connectivity index (χ3n) is 4.26. The van der Waals surface area contributed by atoms with Crippen LogP contribution in [0.3, 0.4) is 0 Å². The highest BCUT2D eigenvalue weighted by atomic mass is 79.9. The van der Waals surface area contributed by atoms with Gasteiger partial charge in [-0.15, -0.1) is 0 Å². The van der Waals surface area contributed by atoms with Gasteiger partial charge in [0, 0.05) is 18.5 Å². The van der Waals surface area contributed by atoms with Crippen LogP contribution in [0.15, 0.2) is 4.47 Å². The zero-order valence-corrected chi connectivity index (χ0v) is 14.0. The number of hydrogen-bond donors (Lipinski definition) is 1. The van der Waals surface area contributed by atoms with Crippen LogP contribution in [0.25, 0.3) is 0 Å². The van der Waals surface area contributed by atoms with E-state index in [0.717, 1.165) is 19.4 Å². The molecule has 1 N–H and O–H groups in total. The highest BCUT2D eigenvalue weighted by Crippen LogP contribution is 2.32. The van der Waals surface area contributed by atoms with Crippen molar-refractivity contribution in [1.29, 1.82) is 0 Å². The molecule has 108 valence electrons. The molecule has 0 radical (unpaired) electrons. The molecule has 4 heteroatoms. The van der Waals surface area contributed by atoms with Gasteiger partial charge in [-0.2, -0.15) is 5.10 Å². The molecule has 0 aliphatic carbocycles. The van der Waals surface area contributed by atoms with E-state index in [2.05, 4.69) is 46.7 Å². The van der Waals surface area contributed by atoms with Crippen LogP contribution in [0.2, 0.25) is 0 Å². The van der Waals surface area contributed by atoms with Crippen molar-refractivity contribution in [3.05, 3.63) is 15.9 Å². The molecule has 0 bridgehead atoms. The summed E-state index contributed by atoms with van der Waals surface area (Å²) < 4.78 is 3.42. The van der Waals surface area contributed by atoms with Gasteiger partial charge in [0.2, 0.25) is 0 Å². The van der Waals surface area contributed by atoms with Crippen molar-refractivity contribution < 1.29 is 0 Å². The van der Waals surface area contributed by atoms with E-state index in [1.807, 2.05) is 0 Å². The van der Waals surface area contributed by atoms with Gasteiger partial charge in [0.25, 0.3) is 0 Å². The fourth-order valence-electron chi connectivity index (χ4n) is 3.31. The molecule has 0 spiro atoms. The first-order chi connectivity index (χ1) is 9.15. The number of hydrogen-bond acceptors (Lipinski definition) is 2. The summed E-state index contributed by atoms with van der Waals surface area (Å²) in [6.07, 6.45) is 7.19. The molecule has 1 unspecified atom stereocenters. The standard InChI is InChI=1S/C15H26BrN3/c1-4-8-15(9-7-10-17-15)11-13-14(16)12(5-2)18-19(13)6-3/h17H,4-11H2,1-3H3. The second-order valence-electron chi connectivity index (χ2n) is 5.61. The number of rotatable bonds is 6. The molecule has 19 heavy (non-hydrogen) atoms. The number of halogens is 1. The summed E-state index contributed by atoms with van der Waals surface area (Å²) in [5.41, 5.74) is 2.87. The molecule has 2 rings (SSSR count). The number of nitrogens with zero attached hydrogens (tertiary/aromatic N) is 2. The van der Waals surface area contributed by atoms with Gasteiger partial charge in [0.15, 0.2) is 0 Å². The van der Waals surface area contributed by atoms with Crippen molar-refractivity contribution in [2.24, 2.45) is 0 Å². The maximum atomic E-state index is 4.72. The second-order valence-corrected chi connectivity index (χ2v) is 6.41. The summed E-state index contributed by atoms with van der Waals surface area (Å²) in [6, 6.07) is 0. The first-order valence-electron chi connectivity index (χ1n) is 7.65. The van der Waals surface area contributed by atoms with Crippen LogP contribution >= 0.6 is 15.9 Å². The molecule has 3 nitrogen and oxygen atoms in total. The lowest BCUT2D eigenvalue weighted by molar-refractivity contribution is 0.332. The molecule has 1 aliphatic rings. The molecule has 1 aliphatic heterocycles. The lowest BCUT2D eigenvalue weighted by atomic mass is 9.87. The van der Waals surface area contributed by atoms with Gasteiger partial charge >= 0.3 is 0 Å². The van der Waals surface area contributed by atoms with Crippen LogP contribution in [0.5, 0.6) is 0 Å². The molecular formula is C15H26BrN3. The molecule has 1 atom stereocenters. The van der Waals surface area contributed by atoms with Crippen molar-refractivity contribution >= 4 is 15.9 Å². The molecular weight excluding hydrogens is 302 g/mol. The Kier molecular flexibility index (Phi) is 5.07. The van der Waals surface area contributed by atoms with Crippen LogP contribution in [0, 0.1) is 0 Å². The molecule has 1 aromatic heterocycles. The Balaban J connectivity index is 2.28. The van der Waals surface area contributed by atoms with E-state index in [4.69, 9.17) is 5.10 Å². The van der Waals surface area contributed by atoms with E-state index < -0.39 is 0 Å². The summed E-state index contributed by atoms with van der Waals surface area (Å²) in [5.74, 6) is 0. The minimum absolute atomic E-state index is 0.301. The van der Waals surface area contributed by atoms with Gasteiger partial charge in [0.05, 0.1) is 15.9 Å². The van der Waals surface area contributed by atoms with Gasteiger partial charge in [-0.3, -0.25) is 4.68 Å². The van der Waals surface area contributed by atoms with E-state index in [0.29, 0.717) is 5.54 Å². The minimum atomic E-state index is 0.301. The second kappa shape index (κ2) is 6.40. The highest BCUT2D eigenvalue weighted by molar-refractivity contribution is 9.10. The fourth-order valence-corrected chi connectivity index (χ4v) is 4.01. The fraction of sp³-hybridized carbons (Fsp3) is 0.800. The van der Waals surface area contributed by atoms with E-state index >= 15 is 0 Å². The number of aromatic nitrogens is 2. The third-order valence-corrected chi connectivity index (χ3v) is 5.18. The molecule has 0 saturated carbocycles. The van der Waals surface area contributed by atoms with Gasteiger partial charge < -0.3 is 5.32 Å². The molecule has 1 aromatic rings. The Morgan fingerprint density at radius 3 is 2.68 bits per heavy atom. The van der Waals surface area contributed by atoms with Crippen LogP contribution in [0.1, 0.15) is 57.8 Å². The van der Waals surface area contributed by atoms with E-state index in [1.54, 1.807) is 0 Å². The normalized spacial score (nSPS) is 23.2. The summed E-state index contributed by atoms with van der Waals surface area (Å²) in [4.78, 5) is 0. The molecule has 2 heterocycles. The first-order valence-corrected chi connectivity index (χ1v) is 8.44. The van der Waals surface area contributed by atoms with Crippen molar-refractivity contribution in [2.45, 2.75) is 71.4 Å². The predicted molar refractivity (Wildman–Crippen MR) is 83.6 cm³/mol. The number of nitrogens with one attached hydrogen (secondary N) is 1. The van der Waals surface area contributed by atoms with Crippen molar-refractivity contribution in [3.63, 3.8) is 0 Å². The average Bonchev–Trinajstić information content (AvgIpc) is 2.97. The topological polar surface area (TPSA) is 29.9 Å². The van der Waals surface area contributed by atoms with Gasteiger partial charge in [-0.1, -0.05) is 20.3 Å². The van der Waals surface area contributed by atoms with Crippen molar-refractivity contribution in [2.75, 3.05) is 6.54 Å². The van der Waals surface area contributed by atoms with Gasteiger partial charge in [-0.25, -0.2) is 0 Å². The third kappa shape index (κ3) is 3.05. The summed E-state index contributed by atoms with van der Waals surface area (Å²) in [7, 11) is 0. The van der Waals surface area contributed by atoms with Crippen LogP contribution in [0.4, 0.5) is 0 Å². The SMILES string of the molecule is CCCC1(Cc2c(Br)c(CC)nn2CC)CCCN1. The van der Waals surface area contributed by atoms with Gasteiger partial charge in [0.1, 0.15) is 0 Å². The molecule has 0 aromatic carbocycles. The Morgan fingerprint density at radius 2 is 2.16 bits per heavy atom. The Hall–Kier alpha value is -0.350. The lowest BCUT2D eigenvalue weighted by Crippen LogP contribution is -2.42. The largest absolute Gasteiger partial charge is 0.311 e. The Labute approximate surface area is 125 Å². The van der Waals surface area contributed by atoms with Crippen LogP contribution < -0.4 is 5.32 Å². The maximum Gasteiger partial charge on any atom is 0.0766 e. The molecule has 1 saturated heterocycles. The first kappa shape index (κ1) is 15.0. The zero-order valence-electron chi connectivity index (χ0n) is 12.4. The quantitative estimate of drug-likeness (QED) is 0.863. The summed E-state index contributed by atoms with van der Waals surface area (Å²) in [5, 5.41) is 8.49. The van der Waals surface area contributed by atoms with Crippen LogP contribution in [-0.4, -0.2) is 21.9 Å². The van der Waals surface area contributed by atoms with Gasteiger partial charge in [-0.05, 0) is 55.1 Å². The molecule has 0 amide bonds. The van der Waals surface area contributed by atoms with E-state index in [9.17, 15) is 0 Å². The predicted octanol–water partition coefficient (Wildman–Crippen LogP) is 3.69. The summed E-state index contributed by atoms with van der Waals surface area (Å²) >= 11 is 3.77. The van der Waals surface area contributed by atoms with E-state index in [1.165, 1.54) is 48.1 Å². The maximum absolute atomic E-state index is 4.72. The van der Waals surface area contributed by atoms with Crippen molar-refractivity contribution in [1.82, 2.24) is 15.1 Å². The highest BCUT2D eigenvalue weighted by Gasteiger charge is 2.34. The minimum Gasteiger partial charge on any atom is -0.311 e. The summed E-state index contributed by atoms with van der Waals surface area (Å²) in [6.45, 7) is 8.75. The van der Waals surface area contributed by atoms with Crippen LogP contribution in [-0.2, 0) is 19.4 Å². The molecule has 1 fully saturated rings. The Morgan fingerprint density at radius 1 is 1.37 bits per heavy atom. The zero-order chi connectivity index (χ0) is 13.9. The Bertz CT molecular complexity index is 419. The monoisotopic (exact) mass is 327 g/mol. The smallest absolute Gasteiger partial charge is 0.0766 e. The number of aryl methyl sites for hydroxylation is 2. The average molecular weight is 328 g/mol. The lowest BCUT2D eigenvalue weighted by Gasteiger charge is -2.29.